The van der Waals surface area contributed by atoms with Gasteiger partial charge >= 0.3 is 5.97 Å². The van der Waals surface area contributed by atoms with Crippen molar-refractivity contribution in [3.8, 4) is 17.1 Å². The van der Waals surface area contributed by atoms with Crippen LogP contribution in [0.1, 0.15) is 24.1 Å². The Balaban J connectivity index is 2.28. The van der Waals surface area contributed by atoms with Gasteiger partial charge in [-0.2, -0.15) is 0 Å². The highest BCUT2D eigenvalue weighted by molar-refractivity contribution is 5.85. The maximum Gasteiger partial charge on any atom is 0.326 e. The number of carboxylic acid groups (broad SMARTS) is 1. The fourth-order valence-corrected chi connectivity index (χ4v) is 2.80. The molecule has 3 rings (SSSR count). The number of ether oxygens (including phenoxy) is 1. The first-order valence-electron chi connectivity index (χ1n) is 7.78. The quantitative estimate of drug-likeness (QED) is 0.788. The summed E-state index contributed by atoms with van der Waals surface area (Å²) in [6, 6.07) is 10.8. The van der Waals surface area contributed by atoms with E-state index < -0.39 is 12.0 Å². The average molecular weight is 324 g/mol. The van der Waals surface area contributed by atoms with Crippen LogP contribution in [0.15, 0.2) is 36.4 Å². The van der Waals surface area contributed by atoms with Crippen molar-refractivity contribution in [1.29, 1.82) is 0 Å². The third-order valence-electron chi connectivity index (χ3n) is 4.40. The van der Waals surface area contributed by atoms with Gasteiger partial charge in [0.2, 0.25) is 0 Å². The molecule has 0 amide bonds. The van der Waals surface area contributed by atoms with E-state index in [-0.39, 0.29) is 0 Å². The van der Waals surface area contributed by atoms with Crippen LogP contribution in [-0.2, 0) is 4.79 Å². The Morgan fingerprint density at radius 3 is 2.38 bits per heavy atom. The van der Waals surface area contributed by atoms with E-state index in [9.17, 15) is 9.90 Å². The summed E-state index contributed by atoms with van der Waals surface area (Å²) in [6.45, 7) is 5.72. The Morgan fingerprint density at radius 2 is 1.79 bits per heavy atom. The summed E-state index contributed by atoms with van der Waals surface area (Å²) in [5.74, 6) is 0.509. The molecule has 1 unspecified atom stereocenters. The molecule has 2 aromatic carbocycles. The van der Waals surface area contributed by atoms with E-state index in [1.54, 1.807) is 18.6 Å². The molecular formula is C19H20N2O3. The molecule has 0 saturated carbocycles. The topological polar surface area (TPSA) is 64.4 Å². The summed E-state index contributed by atoms with van der Waals surface area (Å²) in [4.78, 5) is 16.3. The van der Waals surface area contributed by atoms with Gasteiger partial charge in [0, 0.05) is 5.56 Å². The molecule has 5 nitrogen and oxygen atoms in total. The number of aryl methyl sites for hydroxylation is 2. The van der Waals surface area contributed by atoms with Crippen molar-refractivity contribution in [3.05, 3.63) is 47.5 Å². The van der Waals surface area contributed by atoms with Gasteiger partial charge in [0.1, 0.15) is 17.6 Å². The summed E-state index contributed by atoms with van der Waals surface area (Å²) < 4.78 is 6.97. The molecule has 0 saturated heterocycles. The van der Waals surface area contributed by atoms with E-state index in [0.29, 0.717) is 5.82 Å². The van der Waals surface area contributed by atoms with E-state index in [2.05, 4.69) is 0 Å². The van der Waals surface area contributed by atoms with Gasteiger partial charge in [-0.05, 0) is 68.3 Å². The van der Waals surface area contributed by atoms with E-state index in [1.807, 2.05) is 50.2 Å². The van der Waals surface area contributed by atoms with Crippen LogP contribution < -0.4 is 4.74 Å². The molecule has 0 spiro atoms. The number of rotatable bonds is 4. The summed E-state index contributed by atoms with van der Waals surface area (Å²) in [7, 11) is 1.61. The Kier molecular flexibility index (Phi) is 4.01. The zero-order valence-electron chi connectivity index (χ0n) is 14.2. The van der Waals surface area contributed by atoms with Crippen LogP contribution >= 0.6 is 0 Å². The van der Waals surface area contributed by atoms with Gasteiger partial charge in [-0.3, -0.25) is 0 Å². The number of carboxylic acids is 1. The molecule has 0 bridgehead atoms. The summed E-state index contributed by atoms with van der Waals surface area (Å²) >= 11 is 0. The number of benzene rings is 2. The number of carbonyl (C=O) groups is 1. The van der Waals surface area contributed by atoms with Crippen LogP contribution in [0, 0.1) is 13.8 Å². The minimum Gasteiger partial charge on any atom is -0.497 e. The lowest BCUT2D eigenvalue weighted by Crippen LogP contribution is -2.16. The maximum atomic E-state index is 11.6. The van der Waals surface area contributed by atoms with Crippen molar-refractivity contribution >= 4 is 17.0 Å². The molecular weight excluding hydrogens is 304 g/mol. The molecule has 5 heteroatoms. The van der Waals surface area contributed by atoms with Gasteiger partial charge in [-0.15, -0.1) is 0 Å². The van der Waals surface area contributed by atoms with Gasteiger partial charge in [0.25, 0.3) is 0 Å². The number of fused-ring (bicyclic) bond motifs is 1. The summed E-state index contributed by atoms with van der Waals surface area (Å²) in [6.07, 6.45) is 0. The molecule has 124 valence electrons. The maximum absolute atomic E-state index is 11.6. The predicted octanol–water partition coefficient (Wildman–Crippen LogP) is 3.97. The third-order valence-corrected chi connectivity index (χ3v) is 4.40. The minimum absolute atomic E-state index is 0.646. The van der Waals surface area contributed by atoms with Gasteiger partial charge in [0.05, 0.1) is 18.1 Å². The first kappa shape index (κ1) is 16.1. The number of imidazole rings is 1. The fraction of sp³-hybridized carbons (Fsp3) is 0.263. The molecule has 0 fully saturated rings. The molecule has 0 radical (unpaired) electrons. The molecule has 3 aromatic rings. The van der Waals surface area contributed by atoms with Crippen molar-refractivity contribution in [2.45, 2.75) is 26.8 Å². The lowest BCUT2D eigenvalue weighted by atomic mass is 10.1. The molecule has 0 aliphatic rings. The van der Waals surface area contributed by atoms with E-state index >= 15 is 0 Å². The lowest BCUT2D eigenvalue weighted by molar-refractivity contribution is -0.140. The van der Waals surface area contributed by atoms with Crippen LogP contribution in [0.2, 0.25) is 0 Å². The molecule has 1 heterocycles. The minimum atomic E-state index is -0.887. The van der Waals surface area contributed by atoms with Crippen LogP contribution in [0.3, 0.4) is 0 Å². The molecule has 1 N–H and O–H groups in total. The van der Waals surface area contributed by atoms with Gasteiger partial charge < -0.3 is 14.4 Å². The van der Waals surface area contributed by atoms with Crippen LogP contribution in [0.5, 0.6) is 5.75 Å². The van der Waals surface area contributed by atoms with E-state index in [1.165, 1.54) is 0 Å². The number of aliphatic carboxylic acids is 1. The molecule has 1 atom stereocenters. The van der Waals surface area contributed by atoms with Crippen molar-refractivity contribution in [2.24, 2.45) is 0 Å². The number of hydrogen-bond acceptors (Lipinski definition) is 3. The molecule has 0 aliphatic heterocycles. The monoisotopic (exact) mass is 324 g/mol. The van der Waals surface area contributed by atoms with Gasteiger partial charge in [-0.25, -0.2) is 9.78 Å². The zero-order valence-corrected chi connectivity index (χ0v) is 14.2. The largest absolute Gasteiger partial charge is 0.497 e. The SMILES string of the molecule is COc1ccc(-c2nc3cc(C)c(C)cc3n2C(C)C(=O)O)cc1. The number of aromatic nitrogens is 2. The van der Waals surface area contributed by atoms with Gasteiger partial charge in [0.15, 0.2) is 0 Å². The van der Waals surface area contributed by atoms with Crippen LogP contribution in [-0.4, -0.2) is 27.7 Å². The standard InChI is InChI=1S/C19H20N2O3/c1-11-9-16-17(10-12(11)2)21(13(3)19(22)23)18(20-16)14-5-7-15(24-4)8-6-14/h5-10,13H,1-4H3,(H,22,23). The zero-order chi connectivity index (χ0) is 17.4. The normalized spacial score (nSPS) is 12.3. The highest BCUT2D eigenvalue weighted by atomic mass is 16.5. The molecule has 0 aliphatic carbocycles. The fourth-order valence-electron chi connectivity index (χ4n) is 2.80. The highest BCUT2D eigenvalue weighted by Crippen LogP contribution is 2.31. The van der Waals surface area contributed by atoms with E-state index in [0.717, 1.165) is 33.5 Å². The van der Waals surface area contributed by atoms with Crippen LogP contribution in [0.25, 0.3) is 22.4 Å². The van der Waals surface area contributed by atoms with Crippen molar-refractivity contribution in [1.82, 2.24) is 9.55 Å². The van der Waals surface area contributed by atoms with Crippen molar-refractivity contribution in [2.75, 3.05) is 7.11 Å². The average Bonchev–Trinajstić information content (AvgIpc) is 2.92. The Bertz CT molecular complexity index is 911. The Hall–Kier alpha value is -2.82. The van der Waals surface area contributed by atoms with E-state index in [4.69, 9.17) is 9.72 Å². The first-order chi connectivity index (χ1) is 11.4. The molecule has 1 aromatic heterocycles. The molecule has 24 heavy (non-hydrogen) atoms. The van der Waals surface area contributed by atoms with Crippen LogP contribution in [0.4, 0.5) is 0 Å². The predicted molar refractivity (Wildman–Crippen MR) is 93.5 cm³/mol. The number of methoxy groups -OCH3 is 1. The summed E-state index contributed by atoms with van der Waals surface area (Å²) in [5.41, 5.74) is 4.74. The van der Waals surface area contributed by atoms with Gasteiger partial charge in [-0.1, -0.05) is 0 Å². The summed E-state index contributed by atoms with van der Waals surface area (Å²) in [5, 5.41) is 9.52. The van der Waals surface area contributed by atoms with Crippen molar-refractivity contribution in [3.63, 3.8) is 0 Å². The lowest BCUT2D eigenvalue weighted by Gasteiger charge is -2.14. The smallest absolute Gasteiger partial charge is 0.326 e. The Morgan fingerprint density at radius 1 is 1.17 bits per heavy atom. The Labute approximate surface area is 140 Å². The third kappa shape index (κ3) is 2.62. The first-order valence-corrected chi connectivity index (χ1v) is 7.78. The second-order valence-electron chi connectivity index (χ2n) is 5.97. The highest BCUT2D eigenvalue weighted by Gasteiger charge is 2.22. The number of hydrogen-bond donors (Lipinski definition) is 1. The second kappa shape index (κ2) is 6.00. The number of nitrogens with zero attached hydrogens (tertiary/aromatic N) is 2. The second-order valence-corrected chi connectivity index (χ2v) is 5.97. The van der Waals surface area contributed by atoms with Crippen molar-refractivity contribution < 1.29 is 14.6 Å².